The van der Waals surface area contributed by atoms with Crippen molar-refractivity contribution in [3.05, 3.63) is 59.7 Å². The van der Waals surface area contributed by atoms with Crippen LogP contribution in [0.25, 0.3) is 0 Å². The third kappa shape index (κ3) is 4.30. The Kier molecular flexibility index (Phi) is 5.10. The molecule has 0 bridgehead atoms. The Bertz CT molecular complexity index is 822. The molecule has 140 valence electrons. The van der Waals surface area contributed by atoms with Gasteiger partial charge in [-0.05, 0) is 61.6 Å². The normalized spacial score (nSPS) is 16.2. The van der Waals surface area contributed by atoms with Crippen molar-refractivity contribution >= 4 is 23.2 Å². The molecular weight excluding hydrogens is 338 g/mol. The Labute approximate surface area is 159 Å². The smallest absolute Gasteiger partial charge is 0.251 e. The van der Waals surface area contributed by atoms with Crippen LogP contribution in [-0.2, 0) is 11.3 Å². The predicted molar refractivity (Wildman–Crippen MR) is 107 cm³/mol. The van der Waals surface area contributed by atoms with Gasteiger partial charge < -0.3 is 15.5 Å². The van der Waals surface area contributed by atoms with Crippen molar-refractivity contribution in [2.75, 3.05) is 23.3 Å². The van der Waals surface area contributed by atoms with Crippen LogP contribution < -0.4 is 15.5 Å². The molecule has 0 unspecified atom stereocenters. The van der Waals surface area contributed by atoms with Crippen LogP contribution in [0.15, 0.2) is 48.5 Å². The average molecular weight is 363 g/mol. The number of hydrogen-bond acceptors (Lipinski definition) is 3. The standard InChI is InChI=1S/C22H25N3O2/c26-21(16-9-11-19(12-10-16)24-22(27)17-7-8-17)23-15-18-5-1-2-6-20(18)25-13-3-4-14-25/h1-2,5-6,9-12,17H,3-4,7-8,13-15H2,(H,23,26)(H,24,27). The van der Waals surface area contributed by atoms with Gasteiger partial charge in [0, 0.05) is 42.5 Å². The van der Waals surface area contributed by atoms with Crippen LogP contribution in [0.5, 0.6) is 0 Å². The molecule has 2 aromatic carbocycles. The Morgan fingerprint density at radius 2 is 1.67 bits per heavy atom. The first-order valence-electron chi connectivity index (χ1n) is 9.73. The molecular formula is C22H25N3O2. The van der Waals surface area contributed by atoms with E-state index in [1.807, 2.05) is 12.1 Å². The van der Waals surface area contributed by atoms with Crippen LogP contribution >= 0.6 is 0 Å². The molecule has 1 saturated heterocycles. The topological polar surface area (TPSA) is 61.4 Å². The molecule has 2 fully saturated rings. The van der Waals surface area contributed by atoms with Gasteiger partial charge in [0.15, 0.2) is 0 Å². The molecule has 2 aliphatic rings. The van der Waals surface area contributed by atoms with E-state index in [-0.39, 0.29) is 17.7 Å². The van der Waals surface area contributed by atoms with E-state index in [9.17, 15) is 9.59 Å². The molecule has 0 radical (unpaired) electrons. The van der Waals surface area contributed by atoms with Gasteiger partial charge >= 0.3 is 0 Å². The minimum Gasteiger partial charge on any atom is -0.371 e. The average Bonchev–Trinajstić information content (AvgIpc) is 3.42. The van der Waals surface area contributed by atoms with Crippen LogP contribution in [0.4, 0.5) is 11.4 Å². The van der Waals surface area contributed by atoms with E-state index in [1.165, 1.54) is 18.5 Å². The Morgan fingerprint density at radius 3 is 2.37 bits per heavy atom. The monoisotopic (exact) mass is 363 g/mol. The van der Waals surface area contributed by atoms with E-state index >= 15 is 0 Å². The van der Waals surface area contributed by atoms with E-state index in [0.717, 1.165) is 37.2 Å². The second kappa shape index (κ2) is 7.82. The summed E-state index contributed by atoms with van der Waals surface area (Å²) in [6, 6.07) is 15.3. The number of rotatable bonds is 6. The molecule has 5 nitrogen and oxygen atoms in total. The Morgan fingerprint density at radius 1 is 0.963 bits per heavy atom. The Balaban J connectivity index is 1.36. The molecule has 1 heterocycles. The summed E-state index contributed by atoms with van der Waals surface area (Å²) >= 11 is 0. The second-order valence-corrected chi connectivity index (χ2v) is 7.35. The number of benzene rings is 2. The summed E-state index contributed by atoms with van der Waals surface area (Å²) in [5, 5.41) is 5.91. The fraction of sp³-hybridized carbons (Fsp3) is 0.364. The molecule has 27 heavy (non-hydrogen) atoms. The first kappa shape index (κ1) is 17.6. The molecule has 1 aliphatic carbocycles. The number of carbonyl (C=O) groups is 2. The zero-order chi connectivity index (χ0) is 18.6. The lowest BCUT2D eigenvalue weighted by atomic mass is 10.1. The van der Waals surface area contributed by atoms with E-state index in [0.29, 0.717) is 12.1 Å². The van der Waals surface area contributed by atoms with Crippen LogP contribution in [0, 0.1) is 5.92 Å². The highest BCUT2D eigenvalue weighted by Gasteiger charge is 2.29. The molecule has 1 aliphatic heterocycles. The summed E-state index contributed by atoms with van der Waals surface area (Å²) < 4.78 is 0. The lowest BCUT2D eigenvalue weighted by Gasteiger charge is -2.21. The number of hydrogen-bond donors (Lipinski definition) is 2. The van der Waals surface area contributed by atoms with E-state index < -0.39 is 0 Å². The number of nitrogens with one attached hydrogen (secondary N) is 2. The maximum absolute atomic E-state index is 12.5. The quantitative estimate of drug-likeness (QED) is 0.825. The van der Waals surface area contributed by atoms with Gasteiger partial charge in [0.1, 0.15) is 0 Å². The Hall–Kier alpha value is -2.82. The third-order valence-corrected chi connectivity index (χ3v) is 5.24. The van der Waals surface area contributed by atoms with Gasteiger partial charge in [-0.3, -0.25) is 9.59 Å². The summed E-state index contributed by atoms with van der Waals surface area (Å²) in [5.41, 5.74) is 3.69. The molecule has 1 saturated carbocycles. The van der Waals surface area contributed by atoms with Crippen molar-refractivity contribution in [1.29, 1.82) is 0 Å². The molecule has 2 N–H and O–H groups in total. The number of nitrogens with zero attached hydrogens (tertiary/aromatic N) is 1. The van der Waals surface area contributed by atoms with Crippen molar-refractivity contribution in [3.63, 3.8) is 0 Å². The minimum atomic E-state index is -0.105. The molecule has 2 aromatic rings. The van der Waals surface area contributed by atoms with Crippen molar-refractivity contribution in [2.24, 2.45) is 5.92 Å². The molecule has 0 spiro atoms. The van der Waals surface area contributed by atoms with E-state index in [4.69, 9.17) is 0 Å². The summed E-state index contributed by atoms with van der Waals surface area (Å²) in [5.74, 6) is 0.140. The van der Waals surface area contributed by atoms with Gasteiger partial charge in [0.2, 0.25) is 5.91 Å². The highest BCUT2D eigenvalue weighted by molar-refractivity contribution is 5.96. The fourth-order valence-corrected chi connectivity index (χ4v) is 3.50. The lowest BCUT2D eigenvalue weighted by molar-refractivity contribution is -0.117. The first-order valence-corrected chi connectivity index (χ1v) is 9.73. The van der Waals surface area contributed by atoms with Crippen molar-refractivity contribution in [1.82, 2.24) is 5.32 Å². The van der Waals surface area contributed by atoms with E-state index in [2.05, 4.69) is 27.7 Å². The summed E-state index contributed by atoms with van der Waals surface area (Å²) in [6.07, 6.45) is 4.41. The third-order valence-electron chi connectivity index (χ3n) is 5.24. The summed E-state index contributed by atoms with van der Waals surface area (Å²) in [7, 11) is 0. The van der Waals surface area contributed by atoms with E-state index in [1.54, 1.807) is 24.3 Å². The molecule has 2 amide bonds. The zero-order valence-electron chi connectivity index (χ0n) is 15.4. The molecule has 5 heteroatoms. The lowest BCUT2D eigenvalue weighted by Crippen LogP contribution is -2.25. The predicted octanol–water partition coefficient (Wildman–Crippen LogP) is 3.57. The summed E-state index contributed by atoms with van der Waals surface area (Å²) in [4.78, 5) is 26.7. The highest BCUT2D eigenvalue weighted by atomic mass is 16.2. The molecule has 4 rings (SSSR count). The van der Waals surface area contributed by atoms with Crippen molar-refractivity contribution in [2.45, 2.75) is 32.2 Å². The maximum atomic E-state index is 12.5. The van der Waals surface area contributed by atoms with Gasteiger partial charge in [0.25, 0.3) is 5.91 Å². The van der Waals surface area contributed by atoms with Crippen molar-refractivity contribution < 1.29 is 9.59 Å². The highest BCUT2D eigenvalue weighted by Crippen LogP contribution is 2.30. The fourth-order valence-electron chi connectivity index (χ4n) is 3.50. The zero-order valence-corrected chi connectivity index (χ0v) is 15.4. The van der Waals surface area contributed by atoms with Gasteiger partial charge in [0.05, 0.1) is 0 Å². The molecule has 0 atom stereocenters. The number of anilines is 2. The minimum absolute atomic E-state index is 0.0747. The van der Waals surface area contributed by atoms with Gasteiger partial charge in [-0.15, -0.1) is 0 Å². The van der Waals surface area contributed by atoms with Gasteiger partial charge in [-0.2, -0.15) is 0 Å². The van der Waals surface area contributed by atoms with Crippen LogP contribution in [0.2, 0.25) is 0 Å². The number of amides is 2. The van der Waals surface area contributed by atoms with Gasteiger partial charge in [-0.1, -0.05) is 18.2 Å². The van der Waals surface area contributed by atoms with Crippen LogP contribution in [-0.4, -0.2) is 24.9 Å². The van der Waals surface area contributed by atoms with Gasteiger partial charge in [-0.25, -0.2) is 0 Å². The first-order chi connectivity index (χ1) is 13.2. The largest absolute Gasteiger partial charge is 0.371 e. The van der Waals surface area contributed by atoms with Crippen molar-refractivity contribution in [3.8, 4) is 0 Å². The van der Waals surface area contributed by atoms with Crippen LogP contribution in [0.3, 0.4) is 0 Å². The maximum Gasteiger partial charge on any atom is 0.251 e. The summed E-state index contributed by atoms with van der Waals surface area (Å²) in [6.45, 7) is 2.67. The molecule has 0 aromatic heterocycles. The number of carbonyl (C=O) groups excluding carboxylic acids is 2. The number of para-hydroxylation sites is 1. The van der Waals surface area contributed by atoms with Crippen LogP contribution in [0.1, 0.15) is 41.6 Å². The second-order valence-electron chi connectivity index (χ2n) is 7.35. The SMILES string of the molecule is O=C(NCc1ccccc1N1CCCC1)c1ccc(NC(=O)C2CC2)cc1.